The Kier molecular flexibility index (Phi) is 5.12. The summed E-state index contributed by atoms with van der Waals surface area (Å²) in [7, 11) is 5.51. The van der Waals surface area contributed by atoms with Crippen molar-refractivity contribution in [3.05, 3.63) is 17.5 Å². The maximum absolute atomic E-state index is 5.15. The normalized spacial score (nSPS) is 16.8. The molecular formula is C16H26N8O. The van der Waals surface area contributed by atoms with Crippen LogP contribution in [0.2, 0.25) is 0 Å². The first-order valence-corrected chi connectivity index (χ1v) is 8.60. The van der Waals surface area contributed by atoms with Gasteiger partial charge in [-0.3, -0.25) is 0 Å². The van der Waals surface area contributed by atoms with E-state index in [0.717, 1.165) is 31.0 Å². The molecule has 0 amide bonds. The molecule has 0 aromatic carbocycles. The number of methoxy groups -OCH3 is 1. The minimum absolute atomic E-state index is 0.0317. The largest absolute Gasteiger partial charge is 0.377 e. The van der Waals surface area contributed by atoms with Gasteiger partial charge in [0, 0.05) is 33.7 Å². The van der Waals surface area contributed by atoms with Crippen molar-refractivity contribution >= 4 is 11.9 Å². The summed E-state index contributed by atoms with van der Waals surface area (Å²) in [5, 5.41) is 7.93. The zero-order valence-electron chi connectivity index (χ0n) is 15.5. The number of ether oxygens (including phenoxy) is 1. The number of anilines is 2. The summed E-state index contributed by atoms with van der Waals surface area (Å²) < 4.78 is 7.10. The lowest BCUT2D eigenvalue weighted by atomic mass is 10.1. The van der Waals surface area contributed by atoms with Gasteiger partial charge < -0.3 is 15.0 Å². The molecule has 9 nitrogen and oxygen atoms in total. The van der Waals surface area contributed by atoms with Gasteiger partial charge in [-0.1, -0.05) is 13.8 Å². The molecule has 1 aliphatic rings. The predicted octanol–water partition coefficient (Wildman–Crippen LogP) is 1.75. The quantitative estimate of drug-likeness (QED) is 0.845. The Bertz CT molecular complexity index is 701. The molecule has 3 rings (SSSR count). The highest BCUT2D eigenvalue weighted by Gasteiger charge is 2.25. The first-order chi connectivity index (χ1) is 12.0. The highest BCUT2D eigenvalue weighted by atomic mass is 16.5. The molecule has 0 fully saturated rings. The summed E-state index contributed by atoms with van der Waals surface area (Å²) in [6.07, 6.45) is 1.99. The lowest BCUT2D eigenvalue weighted by Gasteiger charge is -2.24. The third-order valence-electron chi connectivity index (χ3n) is 4.05. The number of fused-ring (bicyclic) bond motifs is 1. The van der Waals surface area contributed by atoms with E-state index in [4.69, 9.17) is 4.74 Å². The van der Waals surface area contributed by atoms with E-state index >= 15 is 0 Å². The van der Waals surface area contributed by atoms with E-state index in [2.05, 4.69) is 44.2 Å². The van der Waals surface area contributed by atoms with E-state index in [1.807, 2.05) is 23.7 Å². The molecule has 1 atom stereocenters. The van der Waals surface area contributed by atoms with Crippen molar-refractivity contribution in [2.24, 2.45) is 0 Å². The Balaban J connectivity index is 1.88. The van der Waals surface area contributed by atoms with E-state index in [1.165, 1.54) is 0 Å². The van der Waals surface area contributed by atoms with Crippen LogP contribution in [0.5, 0.6) is 0 Å². The van der Waals surface area contributed by atoms with Gasteiger partial charge in [0.05, 0.1) is 6.04 Å². The molecule has 0 saturated carbocycles. The Morgan fingerprint density at radius 1 is 1.24 bits per heavy atom. The van der Waals surface area contributed by atoms with E-state index < -0.39 is 0 Å². The molecule has 25 heavy (non-hydrogen) atoms. The van der Waals surface area contributed by atoms with Gasteiger partial charge in [-0.05, 0) is 12.8 Å². The number of aromatic nitrogens is 6. The minimum Gasteiger partial charge on any atom is -0.377 e. The SMILES string of the molecule is COCc1nc2n(n1)CCCC2Nc1nc(C(C)C)nc(N(C)C)n1. The fraction of sp³-hybridized carbons (Fsp3) is 0.688. The molecule has 9 heteroatoms. The smallest absolute Gasteiger partial charge is 0.229 e. The lowest BCUT2D eigenvalue weighted by molar-refractivity contribution is 0.177. The monoisotopic (exact) mass is 346 g/mol. The van der Waals surface area contributed by atoms with Crippen LogP contribution in [0.3, 0.4) is 0 Å². The summed E-state index contributed by atoms with van der Waals surface area (Å²) in [6.45, 7) is 5.45. The van der Waals surface area contributed by atoms with Crippen molar-refractivity contribution in [2.75, 3.05) is 31.4 Å². The predicted molar refractivity (Wildman–Crippen MR) is 94.6 cm³/mol. The zero-order valence-corrected chi connectivity index (χ0v) is 15.5. The standard InChI is InChI=1S/C16H26N8O/c1-10(2)13-19-15(21-16(20-13)23(3)4)17-11-7-6-8-24-14(11)18-12(22-24)9-25-5/h10-11H,6-9H2,1-5H3,(H,17,19,20,21). The summed E-state index contributed by atoms with van der Waals surface area (Å²) >= 11 is 0. The average Bonchev–Trinajstić information content (AvgIpc) is 2.98. The average molecular weight is 346 g/mol. The van der Waals surface area contributed by atoms with Crippen LogP contribution < -0.4 is 10.2 Å². The molecule has 0 aliphatic carbocycles. The van der Waals surface area contributed by atoms with Gasteiger partial charge in [-0.25, -0.2) is 9.67 Å². The third kappa shape index (κ3) is 3.87. The fourth-order valence-corrected chi connectivity index (χ4v) is 2.79. The molecule has 1 N–H and O–H groups in total. The van der Waals surface area contributed by atoms with Crippen LogP contribution >= 0.6 is 0 Å². The topological polar surface area (TPSA) is 93.9 Å². The van der Waals surface area contributed by atoms with Crippen molar-refractivity contribution in [1.82, 2.24) is 29.7 Å². The lowest BCUT2D eigenvalue weighted by Crippen LogP contribution is -2.24. The van der Waals surface area contributed by atoms with Crippen molar-refractivity contribution < 1.29 is 4.74 Å². The van der Waals surface area contributed by atoms with Gasteiger partial charge in [0.15, 0.2) is 5.82 Å². The first-order valence-electron chi connectivity index (χ1n) is 8.60. The van der Waals surface area contributed by atoms with Crippen molar-refractivity contribution in [1.29, 1.82) is 0 Å². The number of hydrogen-bond acceptors (Lipinski definition) is 8. The van der Waals surface area contributed by atoms with Gasteiger partial charge in [0.2, 0.25) is 11.9 Å². The molecule has 1 aliphatic heterocycles. The molecule has 2 aromatic rings. The van der Waals surface area contributed by atoms with Gasteiger partial charge in [-0.15, -0.1) is 0 Å². The van der Waals surface area contributed by atoms with Gasteiger partial charge in [-0.2, -0.15) is 20.1 Å². The summed E-state index contributed by atoms with van der Waals surface area (Å²) in [6, 6.07) is 0.0317. The maximum Gasteiger partial charge on any atom is 0.229 e. The van der Waals surface area contributed by atoms with E-state index in [0.29, 0.717) is 24.3 Å². The number of nitrogens with zero attached hydrogens (tertiary/aromatic N) is 7. The zero-order chi connectivity index (χ0) is 18.0. The molecule has 0 spiro atoms. The van der Waals surface area contributed by atoms with Crippen molar-refractivity contribution in [3.8, 4) is 0 Å². The van der Waals surface area contributed by atoms with E-state index in [1.54, 1.807) is 7.11 Å². The third-order valence-corrected chi connectivity index (χ3v) is 4.05. The second kappa shape index (κ2) is 7.30. The number of hydrogen-bond donors (Lipinski definition) is 1. The van der Waals surface area contributed by atoms with Crippen LogP contribution in [-0.4, -0.2) is 50.9 Å². The molecule has 0 saturated heterocycles. The van der Waals surface area contributed by atoms with Gasteiger partial charge in [0.1, 0.15) is 18.3 Å². The van der Waals surface area contributed by atoms with Crippen molar-refractivity contribution in [2.45, 2.75) is 51.8 Å². The maximum atomic E-state index is 5.15. The number of aryl methyl sites for hydroxylation is 1. The van der Waals surface area contributed by atoms with Gasteiger partial charge in [0.25, 0.3) is 0 Å². The Morgan fingerprint density at radius 2 is 2.04 bits per heavy atom. The highest BCUT2D eigenvalue weighted by molar-refractivity contribution is 5.37. The molecule has 3 heterocycles. The van der Waals surface area contributed by atoms with Crippen LogP contribution in [-0.2, 0) is 17.9 Å². The fourth-order valence-electron chi connectivity index (χ4n) is 2.79. The number of nitrogens with one attached hydrogen (secondary N) is 1. The molecular weight excluding hydrogens is 320 g/mol. The number of rotatable bonds is 6. The summed E-state index contributed by atoms with van der Waals surface area (Å²) in [4.78, 5) is 20.1. The minimum atomic E-state index is 0.0317. The Morgan fingerprint density at radius 3 is 2.72 bits per heavy atom. The van der Waals surface area contributed by atoms with E-state index in [9.17, 15) is 0 Å². The molecule has 0 radical (unpaired) electrons. The molecule has 2 aromatic heterocycles. The van der Waals surface area contributed by atoms with Gasteiger partial charge >= 0.3 is 0 Å². The van der Waals surface area contributed by atoms with Crippen LogP contribution in [0.25, 0.3) is 0 Å². The summed E-state index contributed by atoms with van der Waals surface area (Å²) in [5.41, 5.74) is 0. The summed E-state index contributed by atoms with van der Waals surface area (Å²) in [5.74, 6) is 3.86. The first kappa shape index (κ1) is 17.5. The molecule has 0 bridgehead atoms. The highest BCUT2D eigenvalue weighted by Crippen LogP contribution is 2.27. The second-order valence-electron chi connectivity index (χ2n) is 6.75. The Hall–Kier alpha value is -2.29. The van der Waals surface area contributed by atoms with Crippen LogP contribution in [0.15, 0.2) is 0 Å². The Labute approximate surface area is 147 Å². The van der Waals surface area contributed by atoms with Crippen LogP contribution in [0.1, 0.15) is 56.1 Å². The second-order valence-corrected chi connectivity index (χ2v) is 6.75. The van der Waals surface area contributed by atoms with E-state index in [-0.39, 0.29) is 12.0 Å². The molecule has 1 unspecified atom stereocenters. The van der Waals surface area contributed by atoms with Crippen molar-refractivity contribution in [3.63, 3.8) is 0 Å². The molecule has 136 valence electrons. The van der Waals surface area contributed by atoms with Crippen LogP contribution in [0.4, 0.5) is 11.9 Å². The van der Waals surface area contributed by atoms with Crippen LogP contribution in [0, 0.1) is 0 Å².